The van der Waals surface area contributed by atoms with Crippen LogP contribution in [0.3, 0.4) is 0 Å². The largest absolute Gasteiger partial charge is 0.301 e. The predicted molar refractivity (Wildman–Crippen MR) is 85.8 cm³/mol. The molecule has 0 aromatic carbocycles. The van der Waals surface area contributed by atoms with Crippen molar-refractivity contribution in [3.05, 3.63) is 63.7 Å². The highest BCUT2D eigenvalue weighted by Crippen LogP contribution is 2.32. The molecule has 0 fully saturated rings. The summed E-state index contributed by atoms with van der Waals surface area (Å²) in [6.45, 7) is 7.81. The van der Waals surface area contributed by atoms with Gasteiger partial charge in [-0.3, -0.25) is 10.1 Å². The summed E-state index contributed by atoms with van der Waals surface area (Å²) < 4.78 is 0. The Balaban J connectivity index is 0.00000172. The molecule has 0 aliphatic rings. The van der Waals surface area contributed by atoms with Crippen molar-refractivity contribution < 1.29 is 4.92 Å². The van der Waals surface area contributed by atoms with Gasteiger partial charge in [-0.15, -0.1) is 0 Å². The normalized spacial score (nSPS) is 11.5. The van der Waals surface area contributed by atoms with E-state index in [0.29, 0.717) is 5.03 Å². The van der Waals surface area contributed by atoms with Crippen LogP contribution in [0.2, 0.25) is 0 Å². The first kappa shape index (κ1) is 18.1. The monoisotopic (exact) mass is 292 g/mol. The maximum Gasteiger partial charge on any atom is 0.301 e. The average Bonchev–Trinajstić information content (AvgIpc) is 2.47. The Morgan fingerprint density at radius 2 is 2.05 bits per heavy atom. The lowest BCUT2D eigenvalue weighted by Crippen LogP contribution is -1.92. The molecule has 0 N–H and O–H groups in total. The van der Waals surface area contributed by atoms with Gasteiger partial charge in [0.05, 0.1) is 4.92 Å². The first-order valence-corrected chi connectivity index (χ1v) is 7.23. The van der Waals surface area contributed by atoms with Crippen molar-refractivity contribution in [3.8, 4) is 0 Å². The van der Waals surface area contributed by atoms with Crippen molar-refractivity contribution in [2.24, 2.45) is 0 Å². The Kier molecular flexibility index (Phi) is 9.96. The van der Waals surface area contributed by atoms with Crippen LogP contribution in [0.5, 0.6) is 0 Å². The standard InChI is InChI=1S/C13H14N2O2S.C2H6/c1-3-5-8-11(7-4-2)18-13-12(15(16)17)9-6-10-14-13;1-2/h3-10H,1-2H3;1-2H3/b5-3-,7-4-,11-8+;. The van der Waals surface area contributed by atoms with Gasteiger partial charge in [-0.05, 0) is 26.0 Å². The number of hydrogen-bond acceptors (Lipinski definition) is 4. The van der Waals surface area contributed by atoms with Gasteiger partial charge < -0.3 is 0 Å². The van der Waals surface area contributed by atoms with E-state index in [0.717, 1.165) is 4.91 Å². The number of pyridine rings is 1. The lowest BCUT2D eigenvalue weighted by molar-refractivity contribution is -0.388. The molecule has 1 aromatic rings. The molecule has 0 saturated carbocycles. The highest BCUT2D eigenvalue weighted by Gasteiger charge is 2.15. The fourth-order valence-corrected chi connectivity index (χ4v) is 2.13. The smallest absolute Gasteiger partial charge is 0.258 e. The van der Waals surface area contributed by atoms with Gasteiger partial charge in [0.25, 0.3) is 0 Å². The molecule has 0 saturated heterocycles. The fraction of sp³-hybridized carbons (Fsp3) is 0.267. The number of nitrogens with zero attached hydrogens (tertiary/aromatic N) is 2. The third-order valence-corrected chi connectivity index (χ3v) is 2.96. The lowest BCUT2D eigenvalue weighted by atomic mass is 10.4. The molecule has 20 heavy (non-hydrogen) atoms. The molecule has 5 heteroatoms. The van der Waals surface area contributed by atoms with Crippen LogP contribution in [0.25, 0.3) is 0 Å². The van der Waals surface area contributed by atoms with E-state index in [2.05, 4.69) is 4.98 Å². The minimum Gasteiger partial charge on any atom is -0.258 e. The summed E-state index contributed by atoms with van der Waals surface area (Å²) in [4.78, 5) is 15.4. The Labute approximate surface area is 124 Å². The van der Waals surface area contributed by atoms with Gasteiger partial charge in [0.2, 0.25) is 0 Å². The van der Waals surface area contributed by atoms with Gasteiger partial charge >= 0.3 is 5.69 Å². The van der Waals surface area contributed by atoms with E-state index in [1.165, 1.54) is 17.8 Å². The van der Waals surface area contributed by atoms with Gasteiger partial charge in [0.1, 0.15) is 0 Å². The second-order valence-corrected chi connectivity index (χ2v) is 4.34. The summed E-state index contributed by atoms with van der Waals surface area (Å²) in [5, 5.41) is 11.3. The SMILES string of the molecule is CC.C\C=C/C=C(\C=C/C)Sc1ncccc1[N+](=O)[O-]. The number of allylic oxidation sites excluding steroid dienone is 5. The van der Waals surface area contributed by atoms with Crippen molar-refractivity contribution in [2.45, 2.75) is 32.7 Å². The first-order valence-electron chi connectivity index (χ1n) is 6.42. The molecule has 0 amide bonds. The third kappa shape index (κ3) is 6.33. The van der Waals surface area contributed by atoms with Crippen LogP contribution < -0.4 is 0 Å². The Morgan fingerprint density at radius 3 is 2.60 bits per heavy atom. The van der Waals surface area contributed by atoms with Gasteiger partial charge in [0, 0.05) is 17.2 Å². The number of aromatic nitrogens is 1. The average molecular weight is 292 g/mol. The summed E-state index contributed by atoms with van der Waals surface area (Å²) in [7, 11) is 0. The second-order valence-electron chi connectivity index (χ2n) is 3.28. The molecule has 0 aliphatic heterocycles. The summed E-state index contributed by atoms with van der Waals surface area (Å²) in [6.07, 6.45) is 11.0. The molecule has 0 atom stereocenters. The van der Waals surface area contributed by atoms with Crippen molar-refractivity contribution in [1.82, 2.24) is 4.98 Å². The predicted octanol–water partition coefficient (Wildman–Crippen LogP) is 5.14. The third-order valence-electron chi connectivity index (χ3n) is 1.95. The minimum absolute atomic E-state index is 0.0263. The summed E-state index contributed by atoms with van der Waals surface area (Å²) in [6, 6.07) is 3.02. The maximum absolute atomic E-state index is 10.9. The molecule has 1 aromatic heterocycles. The highest BCUT2D eigenvalue weighted by atomic mass is 32.2. The van der Waals surface area contributed by atoms with E-state index in [1.54, 1.807) is 12.3 Å². The zero-order valence-electron chi connectivity index (χ0n) is 12.2. The van der Waals surface area contributed by atoms with Crippen LogP contribution in [-0.2, 0) is 0 Å². The Hall–Kier alpha value is -1.88. The minimum atomic E-state index is -0.418. The fourth-order valence-electron chi connectivity index (χ4n) is 1.19. The Bertz CT molecular complexity index is 508. The summed E-state index contributed by atoms with van der Waals surface area (Å²) >= 11 is 1.28. The van der Waals surface area contributed by atoms with Crippen LogP contribution in [0, 0.1) is 10.1 Å². The topological polar surface area (TPSA) is 56.0 Å². The molecule has 1 heterocycles. The van der Waals surface area contributed by atoms with Crippen molar-refractivity contribution >= 4 is 17.4 Å². The van der Waals surface area contributed by atoms with E-state index in [9.17, 15) is 10.1 Å². The highest BCUT2D eigenvalue weighted by molar-refractivity contribution is 8.03. The molecule has 1 rings (SSSR count). The van der Waals surface area contributed by atoms with E-state index in [4.69, 9.17) is 0 Å². The zero-order chi connectivity index (χ0) is 15.4. The number of nitro groups is 1. The van der Waals surface area contributed by atoms with E-state index in [1.807, 2.05) is 58.1 Å². The summed E-state index contributed by atoms with van der Waals surface area (Å²) in [5.74, 6) is 0. The molecule has 0 unspecified atom stereocenters. The van der Waals surface area contributed by atoms with Crippen LogP contribution in [-0.4, -0.2) is 9.91 Å². The lowest BCUT2D eigenvalue weighted by Gasteiger charge is -2.01. The zero-order valence-corrected chi connectivity index (χ0v) is 13.1. The molecule has 0 bridgehead atoms. The van der Waals surface area contributed by atoms with E-state index >= 15 is 0 Å². The first-order chi connectivity index (χ1) is 9.69. The van der Waals surface area contributed by atoms with E-state index in [-0.39, 0.29) is 5.69 Å². The van der Waals surface area contributed by atoms with Gasteiger partial charge in [-0.1, -0.05) is 49.9 Å². The van der Waals surface area contributed by atoms with Crippen molar-refractivity contribution in [2.75, 3.05) is 0 Å². The second kappa shape index (κ2) is 11.0. The van der Waals surface area contributed by atoms with Gasteiger partial charge in [-0.25, -0.2) is 4.98 Å². The molecule has 0 radical (unpaired) electrons. The molecular weight excluding hydrogens is 272 g/mol. The number of rotatable bonds is 5. The van der Waals surface area contributed by atoms with Gasteiger partial charge in [-0.2, -0.15) is 0 Å². The van der Waals surface area contributed by atoms with Crippen LogP contribution in [0.4, 0.5) is 5.69 Å². The van der Waals surface area contributed by atoms with Crippen molar-refractivity contribution in [3.63, 3.8) is 0 Å². The molecule has 4 nitrogen and oxygen atoms in total. The summed E-state index contributed by atoms with van der Waals surface area (Å²) in [5.41, 5.74) is 0.0263. The molecule has 0 aliphatic carbocycles. The van der Waals surface area contributed by atoms with Crippen LogP contribution in [0.15, 0.2) is 58.6 Å². The maximum atomic E-state index is 10.9. The van der Waals surface area contributed by atoms with Gasteiger partial charge in [0.15, 0.2) is 5.03 Å². The van der Waals surface area contributed by atoms with Crippen LogP contribution >= 0.6 is 11.8 Å². The molecule has 0 spiro atoms. The number of hydrogen-bond donors (Lipinski definition) is 0. The molecule has 108 valence electrons. The van der Waals surface area contributed by atoms with E-state index < -0.39 is 4.92 Å². The van der Waals surface area contributed by atoms with Crippen molar-refractivity contribution in [1.29, 1.82) is 0 Å². The Morgan fingerprint density at radius 1 is 1.35 bits per heavy atom. The molecular formula is C15H20N2O2S. The number of thioether (sulfide) groups is 1. The van der Waals surface area contributed by atoms with Crippen LogP contribution in [0.1, 0.15) is 27.7 Å². The quantitative estimate of drug-likeness (QED) is 0.326.